The largest absolute Gasteiger partial charge is 0.472 e. The SMILES string of the molecule is CC/C=C\C/C=C\C/C=C\C/C=C\CCCCC(=O)OCC(COP(=O)(O)OCC(O)COP(=O)(O)OCC(COC(=O)CCCCCCC/C=C\CCCCCCCC)OC(=O)CCCCCCC/C=C\CCCCCC)OC(=O)CCCCCCCCCCCCC. The molecule has 0 aromatic heterocycles. The smallest absolute Gasteiger partial charge is 0.462 e. The molecule has 0 saturated heterocycles. The summed E-state index contributed by atoms with van der Waals surface area (Å²) in [5.41, 5.74) is 0. The average molecular weight is 1370 g/mol. The van der Waals surface area contributed by atoms with E-state index in [1.54, 1.807) is 0 Å². The number of carbonyl (C=O) groups excluding carboxylic acids is 4. The van der Waals surface area contributed by atoms with Crippen molar-refractivity contribution in [3.8, 4) is 0 Å². The molecule has 17 nitrogen and oxygen atoms in total. The standard InChI is InChI=1S/C75H134O17P2/c1-5-9-13-17-21-25-29-32-34-37-40-43-47-51-55-59-72(77)85-65-70(91-74(79)61-57-53-49-45-39-28-24-20-16-12-8-4)67-89-93(81,82)87-63-69(76)64-88-94(83,84)90-68-71(92-75(80)62-58-54-50-46-42-36-31-27-23-19-15-11-7-3)66-86-73(78)60-56-52-48-44-41-38-35-33-30-26-22-18-14-10-6-2/h9,13,21,25,27,31-35,40,43,69-71,76H,5-8,10-12,14-20,22-24,26,28-30,36-39,41-42,44-68H2,1-4H3,(H,81,82)(H,83,84)/b13-9-,25-21-,31-27-,34-32-,35-33-,43-40-. The van der Waals surface area contributed by atoms with Crippen LogP contribution in [0, 0.1) is 0 Å². The number of esters is 4. The molecule has 0 radical (unpaired) electrons. The fraction of sp³-hybridized carbons (Fsp3) is 0.787. The van der Waals surface area contributed by atoms with Gasteiger partial charge in [0, 0.05) is 25.7 Å². The van der Waals surface area contributed by atoms with Gasteiger partial charge in [-0.15, -0.1) is 0 Å². The number of aliphatic hydroxyl groups excluding tert-OH is 1. The molecular formula is C75H134O17P2. The fourth-order valence-electron chi connectivity index (χ4n) is 9.97. The summed E-state index contributed by atoms with van der Waals surface area (Å²) in [5, 5.41) is 10.6. The number of phosphoric acid groups is 2. The van der Waals surface area contributed by atoms with Crippen molar-refractivity contribution in [1.82, 2.24) is 0 Å². The van der Waals surface area contributed by atoms with Gasteiger partial charge in [-0.25, -0.2) is 9.13 Å². The minimum atomic E-state index is -4.97. The third-order valence-electron chi connectivity index (χ3n) is 15.7. The summed E-state index contributed by atoms with van der Waals surface area (Å²) in [5.74, 6) is -2.22. The number of phosphoric ester groups is 2. The van der Waals surface area contributed by atoms with Gasteiger partial charge in [0.05, 0.1) is 26.4 Å². The molecule has 94 heavy (non-hydrogen) atoms. The molecule has 0 saturated carbocycles. The lowest BCUT2D eigenvalue weighted by Gasteiger charge is -2.21. The maximum absolute atomic E-state index is 13.0. The number of unbranched alkanes of at least 4 members (excludes halogenated alkanes) is 32. The number of aliphatic hydroxyl groups is 1. The van der Waals surface area contributed by atoms with E-state index in [1.165, 1.54) is 103 Å². The van der Waals surface area contributed by atoms with Crippen LogP contribution in [0.4, 0.5) is 0 Å². The lowest BCUT2D eigenvalue weighted by atomic mass is 10.1. The zero-order chi connectivity index (χ0) is 69.0. The molecule has 0 rings (SSSR count). The van der Waals surface area contributed by atoms with Gasteiger partial charge < -0.3 is 33.8 Å². The van der Waals surface area contributed by atoms with Crippen LogP contribution in [-0.4, -0.2) is 96.7 Å². The van der Waals surface area contributed by atoms with Gasteiger partial charge in [-0.05, 0) is 116 Å². The van der Waals surface area contributed by atoms with E-state index < -0.39 is 97.5 Å². The summed E-state index contributed by atoms with van der Waals surface area (Å²) in [6.07, 6.45) is 66.2. The quantitative estimate of drug-likeness (QED) is 0.0169. The molecule has 0 spiro atoms. The molecule has 19 heteroatoms. The van der Waals surface area contributed by atoms with E-state index in [9.17, 15) is 43.2 Å². The lowest BCUT2D eigenvalue weighted by molar-refractivity contribution is -0.161. The molecule has 3 N–H and O–H groups in total. The first-order valence-corrected chi connectivity index (χ1v) is 40.2. The van der Waals surface area contributed by atoms with Crippen molar-refractivity contribution in [3.05, 3.63) is 72.9 Å². The van der Waals surface area contributed by atoms with E-state index in [2.05, 4.69) is 101 Å². The zero-order valence-electron chi connectivity index (χ0n) is 59.4. The van der Waals surface area contributed by atoms with Crippen LogP contribution in [0.2, 0.25) is 0 Å². The van der Waals surface area contributed by atoms with Gasteiger partial charge in [0.1, 0.15) is 19.3 Å². The number of allylic oxidation sites excluding steroid dienone is 12. The van der Waals surface area contributed by atoms with Crippen molar-refractivity contribution >= 4 is 39.5 Å². The molecule has 0 aliphatic heterocycles. The first-order chi connectivity index (χ1) is 45.7. The van der Waals surface area contributed by atoms with Crippen LogP contribution in [0.15, 0.2) is 72.9 Å². The van der Waals surface area contributed by atoms with Crippen molar-refractivity contribution in [2.75, 3.05) is 39.6 Å². The van der Waals surface area contributed by atoms with Crippen LogP contribution in [0.25, 0.3) is 0 Å². The molecule has 0 aromatic carbocycles. The lowest BCUT2D eigenvalue weighted by Crippen LogP contribution is -2.30. The Morgan fingerprint density at radius 2 is 0.553 bits per heavy atom. The van der Waals surface area contributed by atoms with Gasteiger partial charge >= 0.3 is 39.5 Å². The van der Waals surface area contributed by atoms with Crippen LogP contribution < -0.4 is 0 Å². The fourth-order valence-corrected chi connectivity index (χ4v) is 11.5. The number of hydrogen-bond acceptors (Lipinski definition) is 15. The van der Waals surface area contributed by atoms with Gasteiger partial charge in [-0.2, -0.15) is 0 Å². The Balaban J connectivity index is 5.34. The van der Waals surface area contributed by atoms with Crippen molar-refractivity contribution < 1.29 is 80.2 Å². The maximum atomic E-state index is 13.0. The predicted octanol–water partition coefficient (Wildman–Crippen LogP) is 20.9. The zero-order valence-corrected chi connectivity index (χ0v) is 61.2. The summed E-state index contributed by atoms with van der Waals surface area (Å²) >= 11 is 0. The molecule has 0 bridgehead atoms. The summed E-state index contributed by atoms with van der Waals surface area (Å²) < 4.78 is 68.3. The van der Waals surface area contributed by atoms with E-state index in [0.29, 0.717) is 25.7 Å². The molecule has 0 fully saturated rings. The highest BCUT2D eigenvalue weighted by atomic mass is 31.2. The Labute approximate surface area is 571 Å². The highest BCUT2D eigenvalue weighted by molar-refractivity contribution is 7.47. The molecule has 0 aliphatic rings. The summed E-state index contributed by atoms with van der Waals surface area (Å²) in [7, 11) is -9.94. The molecule has 0 aliphatic carbocycles. The first kappa shape index (κ1) is 90.5. The third-order valence-corrected chi connectivity index (χ3v) is 17.6. The highest BCUT2D eigenvalue weighted by Gasteiger charge is 2.30. The molecule has 5 unspecified atom stereocenters. The van der Waals surface area contributed by atoms with Gasteiger partial charge in [0.2, 0.25) is 0 Å². The number of rotatable bonds is 70. The summed E-state index contributed by atoms with van der Waals surface area (Å²) in [6, 6.07) is 0. The average Bonchev–Trinajstić information content (AvgIpc) is 1.35. The van der Waals surface area contributed by atoms with Gasteiger partial charge in [-0.3, -0.25) is 37.3 Å². The predicted molar refractivity (Wildman–Crippen MR) is 381 cm³/mol. The van der Waals surface area contributed by atoms with E-state index in [1.807, 2.05) is 0 Å². The second kappa shape index (κ2) is 68.0. The number of carbonyl (C=O) groups is 4. The molecule has 546 valence electrons. The summed E-state index contributed by atoms with van der Waals surface area (Å²) in [6.45, 7) is 4.69. The Bertz CT molecular complexity index is 2070. The third kappa shape index (κ3) is 67.1. The van der Waals surface area contributed by atoms with Gasteiger partial charge in [0.25, 0.3) is 0 Å². The minimum Gasteiger partial charge on any atom is -0.462 e. The van der Waals surface area contributed by atoms with Crippen molar-refractivity contribution in [3.63, 3.8) is 0 Å². The van der Waals surface area contributed by atoms with Crippen LogP contribution >= 0.6 is 15.6 Å². The van der Waals surface area contributed by atoms with Crippen LogP contribution in [0.3, 0.4) is 0 Å². The highest BCUT2D eigenvalue weighted by Crippen LogP contribution is 2.45. The van der Waals surface area contributed by atoms with Crippen molar-refractivity contribution in [2.45, 2.75) is 341 Å². The Morgan fingerprint density at radius 3 is 0.894 bits per heavy atom. The van der Waals surface area contributed by atoms with E-state index >= 15 is 0 Å². The van der Waals surface area contributed by atoms with E-state index in [4.69, 9.17) is 37.0 Å². The van der Waals surface area contributed by atoms with Gasteiger partial charge in [0.15, 0.2) is 12.2 Å². The molecule has 0 amide bonds. The maximum Gasteiger partial charge on any atom is 0.472 e. The Morgan fingerprint density at radius 1 is 0.309 bits per heavy atom. The Hall–Kier alpha value is -3.50. The molecule has 0 aromatic rings. The second-order valence-electron chi connectivity index (χ2n) is 24.9. The van der Waals surface area contributed by atoms with Gasteiger partial charge in [-0.1, -0.05) is 255 Å². The van der Waals surface area contributed by atoms with Crippen LogP contribution in [0.1, 0.15) is 323 Å². The first-order valence-electron chi connectivity index (χ1n) is 37.2. The minimum absolute atomic E-state index is 0.0856. The Kier molecular flexibility index (Phi) is 65.5. The van der Waals surface area contributed by atoms with E-state index in [0.717, 1.165) is 141 Å². The van der Waals surface area contributed by atoms with Crippen molar-refractivity contribution in [1.29, 1.82) is 0 Å². The monoisotopic (exact) mass is 1370 g/mol. The molecular weight excluding hydrogens is 1230 g/mol. The molecule has 5 atom stereocenters. The summed E-state index contributed by atoms with van der Waals surface area (Å²) in [4.78, 5) is 72.7. The van der Waals surface area contributed by atoms with Crippen LogP contribution in [-0.2, 0) is 65.4 Å². The van der Waals surface area contributed by atoms with Crippen molar-refractivity contribution in [2.24, 2.45) is 0 Å². The topological polar surface area (TPSA) is 237 Å². The van der Waals surface area contributed by atoms with E-state index in [-0.39, 0.29) is 25.7 Å². The number of ether oxygens (including phenoxy) is 4. The second-order valence-corrected chi connectivity index (χ2v) is 27.8. The van der Waals surface area contributed by atoms with Crippen LogP contribution in [0.5, 0.6) is 0 Å². The number of hydrogen-bond donors (Lipinski definition) is 3. The normalized spacial score (nSPS) is 14.4. The molecule has 0 heterocycles.